The molecule has 3 rings (SSSR count). The van der Waals surface area contributed by atoms with Gasteiger partial charge in [0.25, 0.3) is 0 Å². The van der Waals surface area contributed by atoms with Gasteiger partial charge < -0.3 is 5.32 Å². The summed E-state index contributed by atoms with van der Waals surface area (Å²) in [5.74, 6) is 2.06. The predicted molar refractivity (Wildman–Crippen MR) is 86.8 cm³/mol. The molecule has 4 nitrogen and oxygen atoms in total. The number of nitrogens with one attached hydrogen (secondary N) is 1. The first-order valence-corrected chi connectivity index (χ1v) is 8.21. The Kier molecular flexibility index (Phi) is 4.03. The van der Waals surface area contributed by atoms with Crippen LogP contribution < -0.4 is 5.32 Å². The van der Waals surface area contributed by atoms with Crippen LogP contribution in [0.1, 0.15) is 31.4 Å². The van der Waals surface area contributed by atoms with Gasteiger partial charge >= 0.3 is 0 Å². The van der Waals surface area contributed by atoms with Gasteiger partial charge in [-0.25, -0.2) is 9.97 Å². The molecule has 0 amide bonds. The molecule has 1 N–H and O–H groups in total. The van der Waals surface area contributed by atoms with Crippen LogP contribution in [0.15, 0.2) is 27.3 Å². The van der Waals surface area contributed by atoms with Gasteiger partial charge in [0.15, 0.2) is 5.82 Å². The molecule has 2 aromatic heterocycles. The highest BCUT2D eigenvalue weighted by atomic mass is 79.9. The van der Waals surface area contributed by atoms with Crippen LogP contribution in [0, 0.1) is 0 Å². The molecule has 20 heavy (non-hydrogen) atoms. The molecule has 0 spiro atoms. The van der Waals surface area contributed by atoms with Crippen molar-refractivity contribution in [3.8, 4) is 11.5 Å². The van der Waals surface area contributed by atoms with Crippen LogP contribution in [0.25, 0.3) is 11.5 Å². The van der Waals surface area contributed by atoms with E-state index in [0.29, 0.717) is 11.7 Å². The third-order valence-electron chi connectivity index (χ3n) is 3.16. The Morgan fingerprint density at radius 3 is 2.75 bits per heavy atom. The smallest absolute Gasteiger partial charge is 0.181 e. The van der Waals surface area contributed by atoms with Crippen LogP contribution in [-0.4, -0.2) is 21.5 Å². The van der Waals surface area contributed by atoms with E-state index in [1.807, 2.05) is 12.1 Å². The fourth-order valence-corrected chi connectivity index (χ4v) is 3.11. The summed E-state index contributed by atoms with van der Waals surface area (Å²) in [4.78, 5) is 13.7. The molecule has 1 fully saturated rings. The minimum atomic E-state index is 0.547. The maximum atomic E-state index is 4.72. The van der Waals surface area contributed by atoms with Gasteiger partial charge in [-0.1, -0.05) is 0 Å². The number of anilines is 1. The molecule has 6 heteroatoms. The van der Waals surface area contributed by atoms with E-state index >= 15 is 0 Å². The number of halogens is 2. The molecule has 0 unspecified atom stereocenters. The molecule has 0 aliphatic heterocycles. The lowest BCUT2D eigenvalue weighted by Crippen LogP contribution is -2.06. The molecule has 0 saturated heterocycles. The van der Waals surface area contributed by atoms with Crippen molar-refractivity contribution in [2.45, 2.75) is 25.7 Å². The molecule has 0 bridgehead atoms. The maximum absolute atomic E-state index is 4.72. The Morgan fingerprint density at radius 1 is 1.30 bits per heavy atom. The van der Waals surface area contributed by atoms with E-state index in [2.05, 4.69) is 54.1 Å². The number of hydrogen-bond donors (Lipinski definition) is 1. The van der Waals surface area contributed by atoms with Gasteiger partial charge in [0, 0.05) is 23.1 Å². The number of pyridine rings is 1. The molecular formula is C14H14Br2N4. The Labute approximate surface area is 134 Å². The van der Waals surface area contributed by atoms with E-state index < -0.39 is 0 Å². The highest BCUT2D eigenvalue weighted by Crippen LogP contribution is 2.44. The third-order valence-corrected chi connectivity index (χ3v) is 4.58. The third kappa shape index (κ3) is 2.72. The first-order valence-electron chi connectivity index (χ1n) is 6.63. The summed E-state index contributed by atoms with van der Waals surface area (Å²) in [5.41, 5.74) is 1.87. The lowest BCUT2D eigenvalue weighted by Gasteiger charge is -2.12. The minimum absolute atomic E-state index is 0.547. The zero-order chi connectivity index (χ0) is 14.1. The molecule has 104 valence electrons. The summed E-state index contributed by atoms with van der Waals surface area (Å²) in [5, 5.41) is 3.29. The van der Waals surface area contributed by atoms with E-state index in [0.717, 1.165) is 32.7 Å². The second-order valence-corrected chi connectivity index (χ2v) is 6.38. The summed E-state index contributed by atoms with van der Waals surface area (Å²) < 4.78 is 1.89. The molecule has 2 heterocycles. The van der Waals surface area contributed by atoms with Gasteiger partial charge in [0.2, 0.25) is 0 Å². The van der Waals surface area contributed by atoms with Gasteiger partial charge in [0.1, 0.15) is 11.5 Å². The summed E-state index contributed by atoms with van der Waals surface area (Å²) in [6.07, 6.45) is 4.16. The number of aromatic nitrogens is 3. The highest BCUT2D eigenvalue weighted by Gasteiger charge is 2.30. The van der Waals surface area contributed by atoms with Crippen LogP contribution >= 0.6 is 31.9 Å². The van der Waals surface area contributed by atoms with E-state index in [-0.39, 0.29) is 0 Å². The van der Waals surface area contributed by atoms with Gasteiger partial charge in [-0.15, -0.1) is 0 Å². The molecule has 0 atom stereocenters. The Balaban J connectivity index is 2.13. The van der Waals surface area contributed by atoms with Gasteiger partial charge in [0.05, 0.1) is 10.2 Å². The van der Waals surface area contributed by atoms with Crippen LogP contribution in [0.4, 0.5) is 5.82 Å². The average Bonchev–Trinajstić information content (AvgIpc) is 3.26. The minimum Gasteiger partial charge on any atom is -0.369 e. The van der Waals surface area contributed by atoms with Crippen molar-refractivity contribution in [3.63, 3.8) is 0 Å². The first-order chi connectivity index (χ1) is 9.70. The fraction of sp³-hybridized carbons (Fsp3) is 0.357. The lowest BCUT2D eigenvalue weighted by atomic mass is 10.2. The zero-order valence-electron chi connectivity index (χ0n) is 11.0. The zero-order valence-corrected chi connectivity index (χ0v) is 14.2. The molecule has 1 saturated carbocycles. The molecule has 2 aromatic rings. The molecule has 1 aliphatic carbocycles. The van der Waals surface area contributed by atoms with Crippen molar-refractivity contribution in [1.82, 2.24) is 15.0 Å². The fourth-order valence-electron chi connectivity index (χ4n) is 2.03. The van der Waals surface area contributed by atoms with Gasteiger partial charge in [-0.05, 0) is 63.8 Å². The summed E-state index contributed by atoms with van der Waals surface area (Å²) in [6, 6.07) is 3.84. The first kappa shape index (κ1) is 13.9. The van der Waals surface area contributed by atoms with Crippen molar-refractivity contribution in [2.75, 3.05) is 11.9 Å². The monoisotopic (exact) mass is 396 g/mol. The molecule has 0 aromatic carbocycles. The summed E-state index contributed by atoms with van der Waals surface area (Å²) in [6.45, 7) is 2.88. The van der Waals surface area contributed by atoms with Gasteiger partial charge in [-0.2, -0.15) is 0 Å². The predicted octanol–water partition coefficient (Wildman–Crippen LogP) is 4.37. The lowest BCUT2D eigenvalue weighted by molar-refractivity contribution is 0.967. The average molecular weight is 398 g/mol. The van der Waals surface area contributed by atoms with E-state index in [9.17, 15) is 0 Å². The van der Waals surface area contributed by atoms with Crippen LogP contribution in [0.5, 0.6) is 0 Å². The second-order valence-electron chi connectivity index (χ2n) is 4.73. The number of hydrogen-bond acceptors (Lipinski definition) is 4. The van der Waals surface area contributed by atoms with Crippen molar-refractivity contribution < 1.29 is 0 Å². The van der Waals surface area contributed by atoms with Crippen molar-refractivity contribution in [1.29, 1.82) is 0 Å². The highest BCUT2D eigenvalue weighted by molar-refractivity contribution is 9.11. The van der Waals surface area contributed by atoms with Crippen LogP contribution in [-0.2, 0) is 0 Å². The van der Waals surface area contributed by atoms with Gasteiger partial charge in [-0.3, -0.25) is 4.98 Å². The number of nitrogens with zero attached hydrogens (tertiary/aromatic N) is 3. The normalized spacial score (nSPS) is 14.3. The summed E-state index contributed by atoms with van der Waals surface area (Å²) in [7, 11) is 0. The standard InChI is InChI=1S/C14H14Br2N4/c1-2-17-13-10(16)11(8-5-6-8)19-14(20-13)12-9(15)4-3-7-18-12/h3-4,7-8H,2,5-6H2,1H3,(H,17,19,20). The largest absolute Gasteiger partial charge is 0.369 e. The van der Waals surface area contributed by atoms with Crippen LogP contribution in [0.3, 0.4) is 0 Å². The summed E-state index contributed by atoms with van der Waals surface area (Å²) >= 11 is 7.15. The van der Waals surface area contributed by atoms with E-state index in [1.165, 1.54) is 12.8 Å². The van der Waals surface area contributed by atoms with Crippen molar-refractivity contribution >= 4 is 37.7 Å². The maximum Gasteiger partial charge on any atom is 0.181 e. The molecular weight excluding hydrogens is 384 g/mol. The SMILES string of the molecule is CCNc1nc(-c2ncccc2Br)nc(C2CC2)c1Br. The Morgan fingerprint density at radius 2 is 2.10 bits per heavy atom. The van der Waals surface area contributed by atoms with E-state index in [4.69, 9.17) is 4.98 Å². The molecule has 1 aliphatic rings. The number of rotatable bonds is 4. The Hall–Kier alpha value is -1.01. The quantitative estimate of drug-likeness (QED) is 0.831. The van der Waals surface area contributed by atoms with Crippen LogP contribution in [0.2, 0.25) is 0 Å². The topological polar surface area (TPSA) is 50.7 Å². The van der Waals surface area contributed by atoms with Crippen molar-refractivity contribution in [3.05, 3.63) is 33.0 Å². The van der Waals surface area contributed by atoms with Crippen molar-refractivity contribution in [2.24, 2.45) is 0 Å². The van der Waals surface area contributed by atoms with E-state index in [1.54, 1.807) is 6.20 Å². The molecule has 0 radical (unpaired) electrons. The second kappa shape index (κ2) is 5.77. The Bertz CT molecular complexity index is 641.